The number of anilines is 2. The molecule has 0 unspecified atom stereocenters. The third-order valence-corrected chi connectivity index (χ3v) is 3.69. The zero-order chi connectivity index (χ0) is 18.4. The molecule has 0 fully saturated rings. The van der Waals surface area contributed by atoms with Gasteiger partial charge in [0.25, 0.3) is 5.91 Å². The van der Waals surface area contributed by atoms with Crippen molar-refractivity contribution in [3.63, 3.8) is 0 Å². The topological polar surface area (TPSA) is 67.4 Å². The van der Waals surface area contributed by atoms with E-state index in [1.54, 1.807) is 42.5 Å². The molecule has 2 rings (SSSR count). The van der Waals surface area contributed by atoms with Crippen LogP contribution >= 0.6 is 11.6 Å². The Morgan fingerprint density at radius 1 is 1.04 bits per heavy atom. The van der Waals surface area contributed by atoms with Crippen molar-refractivity contribution < 1.29 is 14.3 Å². The lowest BCUT2D eigenvalue weighted by Gasteiger charge is -2.11. The van der Waals surface area contributed by atoms with E-state index in [4.69, 9.17) is 16.3 Å². The highest BCUT2D eigenvalue weighted by Crippen LogP contribution is 2.21. The smallest absolute Gasteiger partial charge is 0.262 e. The molecule has 2 N–H and O–H groups in total. The summed E-state index contributed by atoms with van der Waals surface area (Å²) in [7, 11) is 0. The number of benzene rings is 2. The second kappa shape index (κ2) is 8.53. The summed E-state index contributed by atoms with van der Waals surface area (Å²) >= 11 is 5.89. The van der Waals surface area contributed by atoms with Gasteiger partial charge in [-0.2, -0.15) is 0 Å². The van der Waals surface area contributed by atoms with Crippen LogP contribution in [0.2, 0.25) is 5.02 Å². The Bertz CT molecular complexity index is 758. The van der Waals surface area contributed by atoms with Crippen molar-refractivity contribution >= 4 is 34.8 Å². The summed E-state index contributed by atoms with van der Waals surface area (Å²) in [5.74, 6) is 0.205. The van der Waals surface area contributed by atoms with Crippen molar-refractivity contribution in [2.45, 2.75) is 20.8 Å². The Balaban J connectivity index is 1.87. The van der Waals surface area contributed by atoms with Gasteiger partial charge in [-0.15, -0.1) is 0 Å². The molecule has 0 aromatic heterocycles. The number of nitrogens with one attached hydrogen (secondary N) is 2. The minimum Gasteiger partial charge on any atom is -0.483 e. The van der Waals surface area contributed by atoms with Gasteiger partial charge in [-0.25, -0.2) is 0 Å². The van der Waals surface area contributed by atoms with E-state index < -0.39 is 0 Å². The van der Waals surface area contributed by atoms with E-state index in [-0.39, 0.29) is 24.3 Å². The van der Waals surface area contributed by atoms with Crippen LogP contribution in [0.15, 0.2) is 42.5 Å². The Morgan fingerprint density at radius 2 is 1.64 bits per heavy atom. The van der Waals surface area contributed by atoms with Crippen LogP contribution in [-0.4, -0.2) is 18.4 Å². The maximum Gasteiger partial charge on any atom is 0.262 e. The minimum atomic E-state index is -0.270. The number of aryl methyl sites for hydroxylation is 1. The van der Waals surface area contributed by atoms with E-state index in [1.165, 1.54) is 0 Å². The predicted molar refractivity (Wildman–Crippen MR) is 100 cm³/mol. The maximum absolute atomic E-state index is 12.0. The fraction of sp³-hybridized carbons (Fsp3) is 0.263. The van der Waals surface area contributed by atoms with Crippen molar-refractivity contribution in [3.8, 4) is 5.75 Å². The Labute approximate surface area is 152 Å². The molecule has 0 aliphatic heterocycles. The summed E-state index contributed by atoms with van der Waals surface area (Å²) in [5.41, 5.74) is 2.18. The largest absolute Gasteiger partial charge is 0.483 e. The predicted octanol–water partition coefficient (Wildman–Crippen LogP) is 4.26. The maximum atomic E-state index is 12.0. The normalized spacial score (nSPS) is 10.4. The summed E-state index contributed by atoms with van der Waals surface area (Å²) in [4.78, 5) is 23.6. The van der Waals surface area contributed by atoms with E-state index in [9.17, 15) is 9.59 Å². The molecule has 0 aliphatic rings. The van der Waals surface area contributed by atoms with Crippen LogP contribution in [-0.2, 0) is 9.59 Å². The number of halogens is 1. The average Bonchev–Trinajstić information content (AvgIpc) is 2.55. The number of amides is 2. The molecule has 132 valence electrons. The molecular weight excluding hydrogens is 340 g/mol. The average molecular weight is 361 g/mol. The number of carbonyl (C=O) groups is 2. The number of rotatable bonds is 6. The van der Waals surface area contributed by atoms with Crippen molar-refractivity contribution in [1.29, 1.82) is 0 Å². The third-order valence-electron chi connectivity index (χ3n) is 3.46. The number of carbonyl (C=O) groups excluding carboxylic acids is 2. The number of hydrogen-bond donors (Lipinski definition) is 2. The summed E-state index contributed by atoms with van der Waals surface area (Å²) in [5, 5.41) is 6.16. The zero-order valence-corrected chi connectivity index (χ0v) is 15.2. The molecule has 0 saturated carbocycles. The first kappa shape index (κ1) is 18.8. The highest BCUT2D eigenvalue weighted by atomic mass is 35.5. The van der Waals surface area contributed by atoms with Gasteiger partial charge >= 0.3 is 0 Å². The molecule has 0 saturated heterocycles. The molecule has 0 bridgehead atoms. The van der Waals surface area contributed by atoms with Gasteiger partial charge in [0.2, 0.25) is 5.91 Å². The lowest BCUT2D eigenvalue weighted by atomic mass is 10.2. The summed E-state index contributed by atoms with van der Waals surface area (Å²) in [6.45, 7) is 5.41. The number of ether oxygens (including phenoxy) is 1. The van der Waals surface area contributed by atoms with Crippen LogP contribution in [0, 0.1) is 12.8 Å². The summed E-state index contributed by atoms with van der Waals surface area (Å²) in [6, 6.07) is 12.1. The van der Waals surface area contributed by atoms with E-state index in [0.717, 1.165) is 5.56 Å². The van der Waals surface area contributed by atoms with E-state index in [0.29, 0.717) is 22.1 Å². The molecule has 0 heterocycles. The fourth-order valence-electron chi connectivity index (χ4n) is 2.04. The van der Waals surface area contributed by atoms with Gasteiger partial charge in [-0.05, 0) is 55.0 Å². The van der Waals surface area contributed by atoms with Crippen LogP contribution in [0.5, 0.6) is 5.75 Å². The van der Waals surface area contributed by atoms with Gasteiger partial charge < -0.3 is 15.4 Å². The molecule has 6 heteroatoms. The molecule has 0 spiro atoms. The van der Waals surface area contributed by atoms with Crippen molar-refractivity contribution in [1.82, 2.24) is 0 Å². The van der Waals surface area contributed by atoms with Gasteiger partial charge in [0.05, 0.1) is 0 Å². The molecule has 2 aromatic rings. The molecule has 2 aromatic carbocycles. The monoisotopic (exact) mass is 360 g/mol. The van der Waals surface area contributed by atoms with Crippen LogP contribution in [0.1, 0.15) is 19.4 Å². The molecule has 0 atom stereocenters. The second-order valence-electron chi connectivity index (χ2n) is 5.97. The van der Waals surface area contributed by atoms with Crippen LogP contribution in [0.4, 0.5) is 11.4 Å². The van der Waals surface area contributed by atoms with Crippen molar-refractivity contribution in [2.75, 3.05) is 17.2 Å². The number of hydrogen-bond acceptors (Lipinski definition) is 3. The zero-order valence-electron chi connectivity index (χ0n) is 14.4. The lowest BCUT2D eigenvalue weighted by molar-refractivity contribution is -0.119. The molecule has 5 nitrogen and oxygen atoms in total. The first-order chi connectivity index (χ1) is 11.8. The third kappa shape index (κ3) is 5.80. The van der Waals surface area contributed by atoms with Crippen LogP contribution in [0.3, 0.4) is 0 Å². The second-order valence-corrected chi connectivity index (χ2v) is 6.40. The summed E-state index contributed by atoms with van der Waals surface area (Å²) < 4.78 is 5.50. The van der Waals surface area contributed by atoms with E-state index in [2.05, 4.69) is 10.6 Å². The van der Waals surface area contributed by atoms with Crippen LogP contribution < -0.4 is 15.4 Å². The quantitative estimate of drug-likeness (QED) is 0.808. The minimum absolute atomic E-state index is 0.0523. The van der Waals surface area contributed by atoms with Gasteiger partial charge in [-0.1, -0.05) is 25.4 Å². The molecular formula is C19H21ClN2O3. The Morgan fingerprint density at radius 3 is 2.20 bits per heavy atom. The lowest BCUT2D eigenvalue weighted by Crippen LogP contribution is -2.20. The standard InChI is InChI=1S/C19H21ClN2O3/c1-12(2)19(24)22-16-7-5-15(6-8-16)21-18(23)11-25-17-9-4-14(20)10-13(17)3/h4-10,12H,11H2,1-3H3,(H,21,23)(H,22,24). The van der Waals surface area contributed by atoms with Gasteiger partial charge in [0.1, 0.15) is 5.75 Å². The first-order valence-corrected chi connectivity index (χ1v) is 8.32. The Hall–Kier alpha value is -2.53. The Kier molecular flexibility index (Phi) is 6.42. The highest BCUT2D eigenvalue weighted by Gasteiger charge is 2.08. The van der Waals surface area contributed by atoms with Gasteiger partial charge in [0.15, 0.2) is 6.61 Å². The van der Waals surface area contributed by atoms with Gasteiger partial charge in [0, 0.05) is 22.3 Å². The van der Waals surface area contributed by atoms with E-state index >= 15 is 0 Å². The van der Waals surface area contributed by atoms with Crippen molar-refractivity contribution in [3.05, 3.63) is 53.1 Å². The SMILES string of the molecule is Cc1cc(Cl)ccc1OCC(=O)Nc1ccc(NC(=O)C(C)C)cc1. The molecule has 25 heavy (non-hydrogen) atoms. The fourth-order valence-corrected chi connectivity index (χ4v) is 2.27. The summed E-state index contributed by atoms with van der Waals surface area (Å²) in [6.07, 6.45) is 0. The van der Waals surface area contributed by atoms with Crippen molar-refractivity contribution in [2.24, 2.45) is 5.92 Å². The molecule has 0 radical (unpaired) electrons. The van der Waals surface area contributed by atoms with Crippen LogP contribution in [0.25, 0.3) is 0 Å². The van der Waals surface area contributed by atoms with E-state index in [1.807, 2.05) is 20.8 Å². The first-order valence-electron chi connectivity index (χ1n) is 7.95. The highest BCUT2D eigenvalue weighted by molar-refractivity contribution is 6.30. The molecule has 2 amide bonds. The molecule has 0 aliphatic carbocycles. The van der Waals surface area contributed by atoms with Gasteiger partial charge in [-0.3, -0.25) is 9.59 Å².